The van der Waals surface area contributed by atoms with E-state index in [0.29, 0.717) is 31.7 Å². The Hall–Kier alpha value is -1.96. The number of nitrogens with one attached hydrogen (secondary N) is 1. The molecule has 8 nitrogen and oxygen atoms in total. The van der Waals surface area contributed by atoms with Crippen molar-refractivity contribution in [3.05, 3.63) is 16.4 Å². The number of rotatable bonds is 3. The number of aliphatic hydroxyl groups is 1. The quantitative estimate of drug-likeness (QED) is 0.615. The zero-order valence-corrected chi connectivity index (χ0v) is 11.0. The Bertz CT molecular complexity index is 481. The minimum atomic E-state index is -0.704. The molecule has 1 fully saturated rings. The minimum Gasteiger partial charge on any atom is -0.390 e. The molecule has 0 spiro atoms. The second-order valence-electron chi connectivity index (χ2n) is 4.89. The molecule has 2 heterocycles. The Balaban J connectivity index is 2.32. The normalized spacial score (nSPS) is 18.2. The number of nitrogens with zero attached hydrogens (tertiary/aromatic N) is 4. The average Bonchev–Trinajstić information content (AvgIpc) is 2.37. The second-order valence-corrected chi connectivity index (χ2v) is 4.89. The predicted molar refractivity (Wildman–Crippen MR) is 70.3 cm³/mol. The van der Waals surface area contributed by atoms with Crippen molar-refractivity contribution in [1.82, 2.24) is 9.97 Å². The predicted octanol–water partition coefficient (Wildman–Crippen LogP) is 0.778. The molecule has 0 unspecified atom stereocenters. The highest BCUT2D eigenvalue weighted by molar-refractivity contribution is 5.70. The third-order valence-corrected chi connectivity index (χ3v) is 3.36. The molecule has 1 aliphatic heterocycles. The lowest BCUT2D eigenvalue weighted by atomic mass is 9.94. The molecule has 1 aromatic heterocycles. The van der Waals surface area contributed by atoms with E-state index < -0.39 is 10.5 Å². The number of anilines is 2. The first-order chi connectivity index (χ1) is 8.94. The van der Waals surface area contributed by atoms with E-state index in [0.717, 1.165) is 0 Å². The molecule has 8 heteroatoms. The summed E-state index contributed by atoms with van der Waals surface area (Å²) in [5, 5.41) is 23.8. The molecule has 0 atom stereocenters. The molecule has 1 saturated heterocycles. The Morgan fingerprint density at radius 1 is 1.47 bits per heavy atom. The van der Waals surface area contributed by atoms with Gasteiger partial charge < -0.3 is 15.3 Å². The Labute approximate surface area is 110 Å². The zero-order valence-electron chi connectivity index (χ0n) is 11.0. The van der Waals surface area contributed by atoms with E-state index in [4.69, 9.17) is 0 Å². The van der Waals surface area contributed by atoms with E-state index in [1.807, 2.05) is 4.90 Å². The third kappa shape index (κ3) is 2.73. The lowest BCUT2D eigenvalue weighted by molar-refractivity contribution is -0.383. The molecule has 1 aliphatic rings. The van der Waals surface area contributed by atoms with Gasteiger partial charge in [-0.25, -0.2) is 9.97 Å². The van der Waals surface area contributed by atoms with Crippen molar-refractivity contribution in [2.45, 2.75) is 25.4 Å². The number of piperidine rings is 1. The van der Waals surface area contributed by atoms with E-state index in [9.17, 15) is 15.2 Å². The van der Waals surface area contributed by atoms with Gasteiger partial charge >= 0.3 is 5.69 Å². The fraction of sp³-hybridized carbons (Fsp3) is 0.636. The second kappa shape index (κ2) is 4.96. The van der Waals surface area contributed by atoms with E-state index in [1.165, 1.54) is 6.33 Å². The summed E-state index contributed by atoms with van der Waals surface area (Å²) in [6, 6.07) is 0. The maximum absolute atomic E-state index is 11.2. The third-order valence-electron chi connectivity index (χ3n) is 3.36. The lowest BCUT2D eigenvalue weighted by Gasteiger charge is -2.36. The molecule has 0 amide bonds. The van der Waals surface area contributed by atoms with Gasteiger partial charge in [0.1, 0.15) is 6.33 Å². The first-order valence-corrected chi connectivity index (χ1v) is 6.09. The summed E-state index contributed by atoms with van der Waals surface area (Å²) in [7, 11) is 1.58. The van der Waals surface area contributed by atoms with Gasteiger partial charge in [-0.05, 0) is 19.8 Å². The van der Waals surface area contributed by atoms with Gasteiger partial charge in [0.2, 0.25) is 11.6 Å². The van der Waals surface area contributed by atoms with Crippen molar-refractivity contribution in [3.8, 4) is 0 Å². The van der Waals surface area contributed by atoms with Gasteiger partial charge in [0.15, 0.2) is 0 Å². The smallest absolute Gasteiger partial charge is 0.353 e. The maximum Gasteiger partial charge on any atom is 0.353 e. The van der Waals surface area contributed by atoms with Crippen LogP contribution < -0.4 is 10.2 Å². The SMILES string of the molecule is CNc1ncnc(N2CCC(C)(O)CC2)c1[N+](=O)[O-]. The highest BCUT2D eigenvalue weighted by atomic mass is 16.6. The lowest BCUT2D eigenvalue weighted by Crippen LogP contribution is -2.43. The number of hydrogen-bond acceptors (Lipinski definition) is 7. The summed E-state index contributed by atoms with van der Waals surface area (Å²) < 4.78 is 0. The highest BCUT2D eigenvalue weighted by Gasteiger charge is 2.32. The fourth-order valence-corrected chi connectivity index (χ4v) is 2.15. The van der Waals surface area contributed by atoms with Crippen LogP contribution in [-0.4, -0.2) is 45.7 Å². The number of aromatic nitrogens is 2. The van der Waals surface area contributed by atoms with Crippen LogP contribution in [0.3, 0.4) is 0 Å². The largest absolute Gasteiger partial charge is 0.390 e. The van der Waals surface area contributed by atoms with E-state index in [-0.39, 0.29) is 11.5 Å². The molecule has 1 aromatic rings. The Morgan fingerprint density at radius 2 is 2.11 bits per heavy atom. The molecule has 19 heavy (non-hydrogen) atoms. The van der Waals surface area contributed by atoms with Crippen molar-refractivity contribution in [1.29, 1.82) is 0 Å². The van der Waals surface area contributed by atoms with Crippen LogP contribution in [0.25, 0.3) is 0 Å². The van der Waals surface area contributed by atoms with Crippen molar-refractivity contribution < 1.29 is 10.0 Å². The van der Waals surface area contributed by atoms with Crippen molar-refractivity contribution in [2.75, 3.05) is 30.4 Å². The molecule has 2 rings (SSSR count). The average molecular weight is 267 g/mol. The van der Waals surface area contributed by atoms with Crippen LogP contribution in [0, 0.1) is 10.1 Å². The van der Waals surface area contributed by atoms with Crippen LogP contribution in [0.5, 0.6) is 0 Å². The van der Waals surface area contributed by atoms with Gasteiger partial charge in [-0.15, -0.1) is 0 Å². The topological polar surface area (TPSA) is 104 Å². The van der Waals surface area contributed by atoms with E-state index in [2.05, 4.69) is 15.3 Å². The maximum atomic E-state index is 11.2. The molecule has 0 radical (unpaired) electrons. The first-order valence-electron chi connectivity index (χ1n) is 6.09. The van der Waals surface area contributed by atoms with Crippen LogP contribution >= 0.6 is 0 Å². The first kappa shape index (κ1) is 13.5. The van der Waals surface area contributed by atoms with Gasteiger partial charge in [0.25, 0.3) is 0 Å². The summed E-state index contributed by atoms with van der Waals surface area (Å²) in [4.78, 5) is 20.4. The number of hydrogen-bond donors (Lipinski definition) is 2. The van der Waals surface area contributed by atoms with Crippen molar-refractivity contribution >= 4 is 17.3 Å². The van der Waals surface area contributed by atoms with Gasteiger partial charge in [0.05, 0.1) is 10.5 Å². The monoisotopic (exact) mass is 267 g/mol. The summed E-state index contributed by atoms with van der Waals surface area (Å²) in [5.41, 5.74) is -0.823. The van der Waals surface area contributed by atoms with Crippen LogP contribution in [-0.2, 0) is 0 Å². The molecular weight excluding hydrogens is 250 g/mol. The summed E-state index contributed by atoms with van der Waals surface area (Å²) in [6.07, 6.45) is 2.42. The van der Waals surface area contributed by atoms with Crippen LogP contribution in [0.4, 0.5) is 17.3 Å². The van der Waals surface area contributed by atoms with Crippen LogP contribution in [0.2, 0.25) is 0 Å². The van der Waals surface area contributed by atoms with Gasteiger partial charge in [-0.3, -0.25) is 10.1 Å². The molecule has 0 aliphatic carbocycles. The number of nitro groups is 1. The van der Waals surface area contributed by atoms with Crippen molar-refractivity contribution in [3.63, 3.8) is 0 Å². The van der Waals surface area contributed by atoms with Gasteiger partial charge in [-0.1, -0.05) is 0 Å². The van der Waals surface area contributed by atoms with Crippen molar-refractivity contribution in [2.24, 2.45) is 0 Å². The molecule has 0 bridgehead atoms. The highest BCUT2D eigenvalue weighted by Crippen LogP contribution is 2.34. The molecule has 104 valence electrons. The summed E-state index contributed by atoms with van der Waals surface area (Å²) >= 11 is 0. The van der Waals surface area contributed by atoms with Gasteiger partial charge in [0, 0.05) is 20.1 Å². The summed E-state index contributed by atoms with van der Waals surface area (Å²) in [6.45, 7) is 2.85. The summed E-state index contributed by atoms with van der Waals surface area (Å²) in [5.74, 6) is 0.507. The molecule has 0 aromatic carbocycles. The zero-order chi connectivity index (χ0) is 14.0. The fourth-order valence-electron chi connectivity index (χ4n) is 2.15. The Kier molecular flexibility index (Phi) is 3.52. The standard InChI is InChI=1S/C11H17N5O3/c1-11(17)3-5-15(6-4-11)10-8(16(18)19)9(12-2)13-7-14-10/h7,17H,3-6H2,1-2H3,(H,12,13,14). The molecule has 2 N–H and O–H groups in total. The molecular formula is C11H17N5O3. The van der Waals surface area contributed by atoms with Crippen LogP contribution in [0.1, 0.15) is 19.8 Å². The van der Waals surface area contributed by atoms with E-state index >= 15 is 0 Å². The van der Waals surface area contributed by atoms with Gasteiger partial charge in [-0.2, -0.15) is 0 Å². The van der Waals surface area contributed by atoms with Crippen LogP contribution in [0.15, 0.2) is 6.33 Å². The molecule has 0 saturated carbocycles. The minimum absolute atomic E-state index is 0.119. The Morgan fingerprint density at radius 3 is 2.63 bits per heavy atom. The van der Waals surface area contributed by atoms with E-state index in [1.54, 1.807) is 14.0 Å².